The average Bonchev–Trinajstić information content (AvgIpc) is 2.28. The number of carboxylic acids is 1. The molecule has 100 valence electrons. The number of halogens is 1. The summed E-state index contributed by atoms with van der Waals surface area (Å²) in [6, 6.07) is 3.25. The van der Waals surface area contributed by atoms with Gasteiger partial charge in [-0.15, -0.1) is 0 Å². The number of benzene rings is 1. The first-order valence-electron chi connectivity index (χ1n) is 5.49. The van der Waals surface area contributed by atoms with Gasteiger partial charge in [0.05, 0.1) is 11.3 Å². The predicted molar refractivity (Wildman–Crippen MR) is 81.8 cm³/mol. The van der Waals surface area contributed by atoms with Crippen molar-refractivity contribution in [3.05, 3.63) is 22.2 Å². The van der Waals surface area contributed by atoms with Crippen LogP contribution in [0.4, 0.5) is 11.4 Å². The van der Waals surface area contributed by atoms with Crippen molar-refractivity contribution in [2.24, 2.45) is 0 Å². The number of rotatable bonds is 6. The molecular formula is C12H17BrN2O2S. The lowest BCUT2D eigenvalue weighted by molar-refractivity contribution is 0.0698. The first-order chi connectivity index (χ1) is 8.47. The molecule has 0 saturated carbocycles. The van der Waals surface area contributed by atoms with E-state index in [4.69, 9.17) is 10.8 Å². The summed E-state index contributed by atoms with van der Waals surface area (Å²) in [5.41, 5.74) is 6.95. The number of anilines is 2. The van der Waals surface area contributed by atoms with Crippen LogP contribution in [0.2, 0.25) is 0 Å². The van der Waals surface area contributed by atoms with Crippen molar-refractivity contribution in [2.75, 3.05) is 36.2 Å². The molecule has 18 heavy (non-hydrogen) atoms. The monoisotopic (exact) mass is 332 g/mol. The first kappa shape index (κ1) is 15.2. The largest absolute Gasteiger partial charge is 0.478 e. The standard InChI is InChI=1S/C12H17BrN2O2S/c1-15(4-3-5-18-2)11-6-8(12(16)17)10(14)7-9(11)13/h6-7H,3-5,14H2,1-2H3,(H,16,17). The molecule has 0 spiro atoms. The summed E-state index contributed by atoms with van der Waals surface area (Å²) in [5, 5.41) is 9.06. The van der Waals surface area contributed by atoms with Crippen LogP contribution in [0.15, 0.2) is 16.6 Å². The number of hydrogen-bond acceptors (Lipinski definition) is 4. The Kier molecular flexibility index (Phi) is 5.81. The molecule has 0 fully saturated rings. The molecule has 1 rings (SSSR count). The molecule has 0 radical (unpaired) electrons. The summed E-state index contributed by atoms with van der Waals surface area (Å²) in [7, 11) is 1.95. The Bertz CT molecular complexity index is 440. The smallest absolute Gasteiger partial charge is 0.337 e. The Morgan fingerprint density at radius 2 is 2.22 bits per heavy atom. The van der Waals surface area contributed by atoms with E-state index in [1.54, 1.807) is 23.9 Å². The van der Waals surface area contributed by atoms with Crippen LogP contribution in [-0.4, -0.2) is 36.7 Å². The lowest BCUT2D eigenvalue weighted by Gasteiger charge is -2.21. The fraction of sp³-hybridized carbons (Fsp3) is 0.417. The van der Waals surface area contributed by atoms with Gasteiger partial charge in [0.15, 0.2) is 0 Å². The van der Waals surface area contributed by atoms with Gasteiger partial charge in [0.1, 0.15) is 0 Å². The summed E-state index contributed by atoms with van der Waals surface area (Å²) in [6.07, 6.45) is 3.12. The lowest BCUT2D eigenvalue weighted by Crippen LogP contribution is -2.20. The number of thioether (sulfide) groups is 1. The minimum atomic E-state index is -1.00. The summed E-state index contributed by atoms with van der Waals surface area (Å²) < 4.78 is 0.816. The van der Waals surface area contributed by atoms with E-state index >= 15 is 0 Å². The van der Waals surface area contributed by atoms with Crippen LogP contribution < -0.4 is 10.6 Å². The van der Waals surface area contributed by atoms with Gasteiger partial charge in [-0.2, -0.15) is 11.8 Å². The topological polar surface area (TPSA) is 66.6 Å². The molecular weight excluding hydrogens is 316 g/mol. The molecule has 1 aromatic rings. The SMILES string of the molecule is CSCCCN(C)c1cc(C(=O)O)c(N)cc1Br. The third-order valence-electron chi connectivity index (χ3n) is 2.60. The summed E-state index contributed by atoms with van der Waals surface area (Å²) >= 11 is 5.22. The number of nitrogen functional groups attached to an aromatic ring is 1. The van der Waals surface area contributed by atoms with Crippen molar-refractivity contribution < 1.29 is 9.90 Å². The Labute approximate surface area is 120 Å². The maximum Gasteiger partial charge on any atom is 0.337 e. The van der Waals surface area contributed by atoms with E-state index in [1.807, 2.05) is 11.9 Å². The first-order valence-corrected chi connectivity index (χ1v) is 7.68. The van der Waals surface area contributed by atoms with E-state index in [-0.39, 0.29) is 11.3 Å². The molecule has 4 nitrogen and oxygen atoms in total. The zero-order valence-corrected chi connectivity index (χ0v) is 12.8. The van der Waals surface area contributed by atoms with Gasteiger partial charge >= 0.3 is 5.97 Å². The minimum absolute atomic E-state index is 0.143. The van der Waals surface area contributed by atoms with E-state index in [0.717, 1.165) is 28.9 Å². The highest BCUT2D eigenvalue weighted by Gasteiger charge is 2.14. The van der Waals surface area contributed by atoms with Crippen LogP contribution >= 0.6 is 27.7 Å². The van der Waals surface area contributed by atoms with E-state index < -0.39 is 5.97 Å². The van der Waals surface area contributed by atoms with Gasteiger partial charge in [0.25, 0.3) is 0 Å². The van der Waals surface area contributed by atoms with Gasteiger partial charge < -0.3 is 15.7 Å². The molecule has 0 bridgehead atoms. The molecule has 0 heterocycles. The maximum absolute atomic E-state index is 11.1. The van der Waals surface area contributed by atoms with Gasteiger partial charge in [-0.1, -0.05) is 0 Å². The lowest BCUT2D eigenvalue weighted by atomic mass is 10.1. The van der Waals surface area contributed by atoms with E-state index in [0.29, 0.717) is 0 Å². The number of carbonyl (C=O) groups is 1. The highest BCUT2D eigenvalue weighted by Crippen LogP contribution is 2.30. The van der Waals surface area contributed by atoms with E-state index in [1.165, 1.54) is 0 Å². The highest BCUT2D eigenvalue weighted by molar-refractivity contribution is 9.10. The summed E-state index contributed by atoms with van der Waals surface area (Å²) in [4.78, 5) is 13.1. The average molecular weight is 333 g/mol. The maximum atomic E-state index is 11.1. The Balaban J connectivity index is 2.93. The normalized spacial score (nSPS) is 10.4. The van der Waals surface area contributed by atoms with Crippen LogP contribution in [0.3, 0.4) is 0 Å². The predicted octanol–water partition coefficient (Wildman–Crippen LogP) is 2.92. The van der Waals surface area contributed by atoms with Crippen LogP contribution in [0.1, 0.15) is 16.8 Å². The molecule has 0 amide bonds. The van der Waals surface area contributed by atoms with Gasteiger partial charge in [0, 0.05) is 23.8 Å². The quantitative estimate of drug-likeness (QED) is 0.619. The molecule has 0 atom stereocenters. The number of carboxylic acid groups (broad SMARTS) is 1. The van der Waals surface area contributed by atoms with Gasteiger partial charge in [-0.25, -0.2) is 4.79 Å². The van der Waals surface area contributed by atoms with Crippen molar-refractivity contribution in [1.82, 2.24) is 0 Å². The van der Waals surface area contributed by atoms with Crippen molar-refractivity contribution >= 4 is 45.0 Å². The Hall–Kier alpha value is -0.880. The van der Waals surface area contributed by atoms with Crippen molar-refractivity contribution in [3.8, 4) is 0 Å². The van der Waals surface area contributed by atoms with Gasteiger partial charge in [-0.3, -0.25) is 0 Å². The number of nitrogens with two attached hydrogens (primary N) is 1. The summed E-state index contributed by atoms with van der Waals surface area (Å²) in [6.45, 7) is 0.877. The van der Waals surface area contributed by atoms with Crippen molar-refractivity contribution in [1.29, 1.82) is 0 Å². The summed E-state index contributed by atoms with van der Waals surface area (Å²) in [5.74, 6) is 0.0849. The second-order valence-electron chi connectivity index (χ2n) is 3.96. The second-order valence-corrected chi connectivity index (χ2v) is 5.80. The minimum Gasteiger partial charge on any atom is -0.478 e. The van der Waals surface area contributed by atoms with E-state index in [9.17, 15) is 4.79 Å². The van der Waals surface area contributed by atoms with E-state index in [2.05, 4.69) is 22.2 Å². The zero-order chi connectivity index (χ0) is 13.7. The molecule has 0 saturated heterocycles. The molecule has 3 N–H and O–H groups in total. The molecule has 0 aliphatic rings. The molecule has 0 unspecified atom stereocenters. The Morgan fingerprint density at radius 3 is 2.78 bits per heavy atom. The molecule has 6 heteroatoms. The number of aromatic carboxylic acids is 1. The third kappa shape index (κ3) is 3.81. The van der Waals surface area contributed by atoms with Gasteiger partial charge in [-0.05, 0) is 46.5 Å². The Morgan fingerprint density at radius 1 is 1.56 bits per heavy atom. The molecule has 0 aromatic heterocycles. The number of nitrogens with zero attached hydrogens (tertiary/aromatic N) is 1. The fourth-order valence-electron chi connectivity index (χ4n) is 1.62. The molecule has 0 aliphatic heterocycles. The van der Waals surface area contributed by atoms with Gasteiger partial charge in [0.2, 0.25) is 0 Å². The second kappa shape index (κ2) is 6.89. The zero-order valence-electron chi connectivity index (χ0n) is 10.4. The molecule has 0 aliphatic carbocycles. The van der Waals surface area contributed by atoms with Crippen LogP contribution in [0.5, 0.6) is 0 Å². The fourth-order valence-corrected chi connectivity index (χ4v) is 2.70. The number of hydrogen-bond donors (Lipinski definition) is 2. The third-order valence-corrected chi connectivity index (χ3v) is 3.93. The highest BCUT2D eigenvalue weighted by atomic mass is 79.9. The van der Waals surface area contributed by atoms with Crippen LogP contribution in [-0.2, 0) is 0 Å². The van der Waals surface area contributed by atoms with Crippen molar-refractivity contribution in [2.45, 2.75) is 6.42 Å². The van der Waals surface area contributed by atoms with Crippen LogP contribution in [0.25, 0.3) is 0 Å². The van der Waals surface area contributed by atoms with Crippen LogP contribution in [0, 0.1) is 0 Å². The van der Waals surface area contributed by atoms with Crippen molar-refractivity contribution in [3.63, 3.8) is 0 Å². The molecule has 1 aromatic carbocycles.